The van der Waals surface area contributed by atoms with Crippen LogP contribution in [0.5, 0.6) is 0 Å². The second kappa shape index (κ2) is 8.99. The van der Waals surface area contributed by atoms with E-state index in [9.17, 15) is 23.2 Å². The molecule has 0 saturated heterocycles. The average Bonchev–Trinajstić information content (AvgIpc) is 2.77. The molecule has 33 heavy (non-hydrogen) atoms. The number of hydrogen-bond donors (Lipinski definition) is 2. The maximum Gasteiger partial charge on any atom is 0.261 e. The van der Waals surface area contributed by atoms with Crippen molar-refractivity contribution in [3.8, 4) is 0 Å². The highest BCUT2D eigenvalue weighted by Gasteiger charge is 2.18. The Morgan fingerprint density at radius 2 is 1.79 bits per heavy atom. The van der Waals surface area contributed by atoms with E-state index in [0.717, 1.165) is 6.07 Å². The third-order valence-electron chi connectivity index (χ3n) is 4.85. The molecular formula is C24H18F2N4O3. The summed E-state index contributed by atoms with van der Waals surface area (Å²) in [6, 6.07) is 14.1. The number of nitrogens with zero attached hydrogens (tertiary/aromatic N) is 2. The van der Waals surface area contributed by atoms with E-state index in [1.54, 1.807) is 19.1 Å². The van der Waals surface area contributed by atoms with Crippen LogP contribution in [0.1, 0.15) is 16.1 Å². The second-order valence-electron chi connectivity index (χ2n) is 7.32. The zero-order valence-corrected chi connectivity index (χ0v) is 17.4. The van der Waals surface area contributed by atoms with Crippen LogP contribution in [0.15, 0.2) is 71.7 Å². The Hall–Kier alpha value is -4.40. The first-order valence-corrected chi connectivity index (χ1v) is 9.94. The molecule has 0 aliphatic carbocycles. The topological polar surface area (TPSA) is 93.1 Å². The fourth-order valence-corrected chi connectivity index (χ4v) is 3.31. The van der Waals surface area contributed by atoms with Crippen LogP contribution in [0.25, 0.3) is 11.0 Å². The van der Waals surface area contributed by atoms with Gasteiger partial charge in [-0.15, -0.1) is 0 Å². The molecule has 0 radical (unpaired) electrons. The van der Waals surface area contributed by atoms with E-state index in [-0.39, 0.29) is 34.5 Å². The monoisotopic (exact) mass is 448 g/mol. The maximum absolute atomic E-state index is 13.9. The van der Waals surface area contributed by atoms with Crippen LogP contribution >= 0.6 is 0 Å². The predicted molar refractivity (Wildman–Crippen MR) is 120 cm³/mol. The normalized spacial score (nSPS) is 10.8. The van der Waals surface area contributed by atoms with Gasteiger partial charge in [0.05, 0.1) is 11.1 Å². The highest BCUT2D eigenvalue weighted by molar-refractivity contribution is 6.05. The Kier molecular flexibility index (Phi) is 5.95. The minimum absolute atomic E-state index is 0.000982. The fraction of sp³-hybridized carbons (Fsp3) is 0.0833. The average molecular weight is 448 g/mol. The summed E-state index contributed by atoms with van der Waals surface area (Å²) in [5.74, 6) is -2.49. The lowest BCUT2D eigenvalue weighted by Gasteiger charge is -2.14. The minimum Gasteiger partial charge on any atom is -0.322 e. The number of pyridine rings is 2. The largest absolute Gasteiger partial charge is 0.322 e. The first kappa shape index (κ1) is 21.8. The van der Waals surface area contributed by atoms with E-state index in [2.05, 4.69) is 15.6 Å². The van der Waals surface area contributed by atoms with Gasteiger partial charge in [-0.25, -0.2) is 13.8 Å². The SMILES string of the molecule is Cc1ccc2c(=O)c(C(=O)Nc3cccc(F)c3)cn(CC(=O)Nc3ccccc3F)c2n1. The number of carbonyl (C=O) groups is 2. The van der Waals surface area contributed by atoms with Gasteiger partial charge >= 0.3 is 0 Å². The Morgan fingerprint density at radius 1 is 1.00 bits per heavy atom. The molecule has 4 rings (SSSR count). The van der Waals surface area contributed by atoms with E-state index >= 15 is 0 Å². The van der Waals surface area contributed by atoms with Gasteiger partial charge in [0.15, 0.2) is 0 Å². The Bertz CT molecular complexity index is 1450. The summed E-state index contributed by atoms with van der Waals surface area (Å²) in [6.07, 6.45) is 1.21. The molecule has 4 aromatic rings. The number of para-hydroxylation sites is 1. The molecule has 0 unspecified atom stereocenters. The van der Waals surface area contributed by atoms with E-state index in [1.807, 2.05) is 0 Å². The molecular weight excluding hydrogens is 430 g/mol. The number of aromatic nitrogens is 2. The first-order chi connectivity index (χ1) is 15.8. The molecule has 2 N–H and O–H groups in total. The molecule has 2 amide bonds. The first-order valence-electron chi connectivity index (χ1n) is 9.94. The zero-order valence-electron chi connectivity index (χ0n) is 17.4. The zero-order chi connectivity index (χ0) is 23.5. The van der Waals surface area contributed by atoms with Gasteiger partial charge < -0.3 is 15.2 Å². The van der Waals surface area contributed by atoms with Crippen molar-refractivity contribution in [3.63, 3.8) is 0 Å². The summed E-state index contributed by atoms with van der Waals surface area (Å²) in [7, 11) is 0. The van der Waals surface area contributed by atoms with Gasteiger partial charge in [0.1, 0.15) is 29.4 Å². The van der Waals surface area contributed by atoms with Gasteiger partial charge in [0.25, 0.3) is 5.91 Å². The molecule has 2 aromatic carbocycles. The van der Waals surface area contributed by atoms with Crippen molar-refractivity contribution in [1.29, 1.82) is 0 Å². The van der Waals surface area contributed by atoms with Crippen molar-refractivity contribution in [2.75, 3.05) is 10.6 Å². The van der Waals surface area contributed by atoms with Crippen LogP contribution in [-0.2, 0) is 11.3 Å². The molecule has 0 spiro atoms. The Balaban J connectivity index is 1.72. The fourth-order valence-electron chi connectivity index (χ4n) is 3.31. The lowest BCUT2D eigenvalue weighted by atomic mass is 10.1. The Morgan fingerprint density at radius 3 is 2.55 bits per heavy atom. The minimum atomic E-state index is -0.767. The van der Waals surface area contributed by atoms with E-state index in [0.29, 0.717) is 5.69 Å². The molecule has 9 heteroatoms. The van der Waals surface area contributed by atoms with Crippen molar-refractivity contribution in [2.24, 2.45) is 0 Å². The van der Waals surface area contributed by atoms with Gasteiger partial charge in [-0.2, -0.15) is 0 Å². The molecule has 0 bridgehead atoms. The van der Waals surface area contributed by atoms with Crippen molar-refractivity contribution in [1.82, 2.24) is 9.55 Å². The molecule has 166 valence electrons. The van der Waals surface area contributed by atoms with Gasteiger partial charge in [-0.3, -0.25) is 14.4 Å². The summed E-state index contributed by atoms with van der Waals surface area (Å²) in [4.78, 5) is 42.7. The number of rotatable bonds is 5. The van der Waals surface area contributed by atoms with Crippen LogP contribution < -0.4 is 16.1 Å². The van der Waals surface area contributed by atoms with Gasteiger partial charge in [-0.05, 0) is 49.4 Å². The lowest BCUT2D eigenvalue weighted by molar-refractivity contribution is -0.116. The van der Waals surface area contributed by atoms with Crippen molar-refractivity contribution >= 4 is 34.2 Å². The molecule has 2 aromatic heterocycles. The molecule has 0 aliphatic heterocycles. The number of amides is 2. The van der Waals surface area contributed by atoms with E-state index in [4.69, 9.17) is 0 Å². The number of halogens is 2. The third-order valence-corrected chi connectivity index (χ3v) is 4.85. The number of carbonyl (C=O) groups excluding carboxylic acids is 2. The summed E-state index contributed by atoms with van der Waals surface area (Å²) in [6.45, 7) is 1.39. The molecule has 0 aliphatic rings. The quantitative estimate of drug-likeness (QED) is 0.485. The number of fused-ring (bicyclic) bond motifs is 1. The van der Waals surface area contributed by atoms with Gasteiger partial charge in [-0.1, -0.05) is 18.2 Å². The standard InChI is InChI=1S/C24H18F2N4O3/c1-14-9-10-17-22(32)18(24(33)28-16-6-4-5-15(25)11-16)12-30(23(17)27-14)13-21(31)29-20-8-3-2-7-19(20)26/h2-12H,13H2,1H3,(H,28,33)(H,29,31). The highest BCUT2D eigenvalue weighted by Crippen LogP contribution is 2.16. The maximum atomic E-state index is 13.9. The van der Waals surface area contributed by atoms with E-state index < -0.39 is 28.9 Å². The van der Waals surface area contributed by atoms with Gasteiger partial charge in [0, 0.05) is 17.6 Å². The predicted octanol–water partition coefficient (Wildman–Crippen LogP) is 3.87. The number of nitrogens with one attached hydrogen (secondary N) is 2. The van der Waals surface area contributed by atoms with Crippen LogP contribution in [0.4, 0.5) is 20.2 Å². The highest BCUT2D eigenvalue weighted by atomic mass is 19.1. The number of benzene rings is 2. The molecule has 0 atom stereocenters. The molecule has 0 fully saturated rings. The smallest absolute Gasteiger partial charge is 0.261 e. The van der Waals surface area contributed by atoms with Crippen molar-refractivity contribution in [3.05, 3.63) is 100.0 Å². The summed E-state index contributed by atoms with van der Waals surface area (Å²) in [5.41, 5.74) is 0.132. The van der Waals surface area contributed by atoms with Crippen LogP contribution in [0, 0.1) is 18.6 Å². The molecule has 7 nitrogen and oxygen atoms in total. The number of aryl methyl sites for hydroxylation is 1. The van der Waals surface area contributed by atoms with Crippen LogP contribution in [-0.4, -0.2) is 21.4 Å². The summed E-state index contributed by atoms with van der Waals surface area (Å²) in [5, 5.41) is 5.08. The second-order valence-corrected chi connectivity index (χ2v) is 7.32. The summed E-state index contributed by atoms with van der Waals surface area (Å²) < 4.78 is 28.7. The van der Waals surface area contributed by atoms with E-state index in [1.165, 1.54) is 53.2 Å². The number of anilines is 2. The molecule has 0 saturated carbocycles. The van der Waals surface area contributed by atoms with Gasteiger partial charge in [0.2, 0.25) is 11.3 Å². The number of hydrogen-bond acceptors (Lipinski definition) is 4. The Labute approximate surface area is 186 Å². The summed E-state index contributed by atoms with van der Waals surface area (Å²) >= 11 is 0. The van der Waals surface area contributed by atoms with Crippen molar-refractivity contribution < 1.29 is 18.4 Å². The lowest BCUT2D eigenvalue weighted by Crippen LogP contribution is -2.27. The third kappa shape index (κ3) is 4.77. The molecule has 2 heterocycles. The van der Waals surface area contributed by atoms with Crippen LogP contribution in [0.2, 0.25) is 0 Å². The van der Waals surface area contributed by atoms with Crippen LogP contribution in [0.3, 0.4) is 0 Å². The van der Waals surface area contributed by atoms with Crippen molar-refractivity contribution in [2.45, 2.75) is 13.5 Å².